The van der Waals surface area contributed by atoms with Crippen LogP contribution in [-0.2, 0) is 14.3 Å². The van der Waals surface area contributed by atoms with E-state index in [2.05, 4.69) is 12.2 Å². The molecule has 2 aromatic rings. The molecular weight excluding hydrogens is 477 g/mol. The Morgan fingerprint density at radius 2 is 1.53 bits per heavy atom. The van der Waals surface area contributed by atoms with Gasteiger partial charge in [-0.2, -0.15) is 0 Å². The van der Waals surface area contributed by atoms with Crippen molar-refractivity contribution in [3.05, 3.63) is 75.8 Å². The first kappa shape index (κ1) is 21.6. The molecule has 0 radical (unpaired) electrons. The number of Topliss-reactive ketones (excluding diaryl/α,β-unsaturated/α-hetero) is 1. The van der Waals surface area contributed by atoms with E-state index in [1.54, 1.807) is 12.1 Å². The lowest BCUT2D eigenvalue weighted by molar-refractivity contribution is -0.124. The zero-order chi connectivity index (χ0) is 23.7. The highest BCUT2D eigenvalue weighted by Gasteiger charge is 2.67. The van der Waals surface area contributed by atoms with E-state index in [4.69, 9.17) is 27.9 Å². The maximum atomic E-state index is 13.2. The minimum absolute atomic E-state index is 0.152. The van der Waals surface area contributed by atoms with Gasteiger partial charge in [0.1, 0.15) is 0 Å². The maximum Gasteiger partial charge on any atom is 0.338 e. The number of esters is 1. The third-order valence-electron chi connectivity index (χ3n) is 7.59. The van der Waals surface area contributed by atoms with Gasteiger partial charge in [-0.15, -0.1) is 0 Å². The molecule has 0 aromatic heterocycles. The van der Waals surface area contributed by atoms with Crippen LogP contribution in [0.2, 0.25) is 10.0 Å². The molecule has 5 aliphatic rings. The zero-order valence-corrected chi connectivity index (χ0v) is 19.3. The number of nitrogens with zero attached hydrogens (tertiary/aromatic N) is 1. The molecule has 2 saturated carbocycles. The van der Waals surface area contributed by atoms with E-state index in [0.717, 1.165) is 6.42 Å². The van der Waals surface area contributed by atoms with Gasteiger partial charge < -0.3 is 4.74 Å². The van der Waals surface area contributed by atoms with Gasteiger partial charge >= 0.3 is 5.97 Å². The highest BCUT2D eigenvalue weighted by molar-refractivity contribution is 6.36. The molecule has 0 unspecified atom stereocenters. The summed E-state index contributed by atoms with van der Waals surface area (Å²) in [7, 11) is 0. The fraction of sp³-hybridized carbons (Fsp3) is 0.308. The van der Waals surface area contributed by atoms with Crippen molar-refractivity contribution in [3.63, 3.8) is 0 Å². The number of ether oxygens (including phenoxy) is 1. The molecule has 8 heteroatoms. The lowest BCUT2D eigenvalue weighted by Gasteiger charge is -2.37. The summed E-state index contributed by atoms with van der Waals surface area (Å²) in [6, 6.07) is 10.6. The summed E-state index contributed by atoms with van der Waals surface area (Å²) in [5.74, 6) is -0.621. The summed E-state index contributed by atoms with van der Waals surface area (Å²) in [6.45, 7) is -0.480. The fourth-order valence-electron chi connectivity index (χ4n) is 5.97. The topological polar surface area (TPSA) is 80.8 Å². The maximum absolute atomic E-state index is 13.2. The Balaban J connectivity index is 1.14. The van der Waals surface area contributed by atoms with E-state index < -0.39 is 18.4 Å². The standard InChI is InChI=1S/C26H19Cl2NO5/c27-13-3-6-17(20(28)9-13)21(30)11-34-26(33)12-1-4-14(5-2-12)29-24(31)22-15-7-8-16(19-10-18(15)19)23(22)25(29)32/h1-9,15-16,18-19,22-23H,10-11H2/t15-,16-,18-,19-,22-,23+/m1/s1. The van der Waals surface area contributed by atoms with Gasteiger partial charge in [0.2, 0.25) is 17.6 Å². The van der Waals surface area contributed by atoms with Crippen LogP contribution in [0.15, 0.2) is 54.6 Å². The van der Waals surface area contributed by atoms with Gasteiger partial charge in [-0.3, -0.25) is 19.3 Å². The smallest absolute Gasteiger partial charge is 0.338 e. The zero-order valence-electron chi connectivity index (χ0n) is 17.8. The highest BCUT2D eigenvalue weighted by Crippen LogP contribution is 2.65. The first-order chi connectivity index (χ1) is 16.3. The minimum atomic E-state index is -0.694. The number of hydrogen-bond donors (Lipinski definition) is 0. The van der Waals surface area contributed by atoms with Gasteiger partial charge in [-0.05, 0) is 72.6 Å². The third-order valence-corrected chi connectivity index (χ3v) is 8.14. The number of carbonyl (C=O) groups is 4. The van der Waals surface area contributed by atoms with E-state index in [-0.39, 0.29) is 51.6 Å². The second-order valence-corrected chi connectivity index (χ2v) is 10.2. The Kier molecular flexibility index (Phi) is 4.94. The lowest BCUT2D eigenvalue weighted by atomic mass is 9.63. The molecule has 7 rings (SSSR count). The number of ketones is 1. The SMILES string of the molecule is O=C(OCC(=O)c1ccc(Cl)cc1Cl)c1ccc(N2C(=O)[C@@H]3[C@@H]4C=C[C@H]([C@H]5C[C@H]45)[C@@H]3C2=O)cc1. The second-order valence-electron chi connectivity index (χ2n) is 9.34. The Hall–Kier alpha value is -2.96. The molecule has 1 heterocycles. The van der Waals surface area contributed by atoms with Crippen LogP contribution in [-0.4, -0.2) is 30.2 Å². The van der Waals surface area contributed by atoms with E-state index in [0.29, 0.717) is 22.5 Å². The van der Waals surface area contributed by atoms with Gasteiger partial charge in [0.05, 0.1) is 28.1 Å². The molecule has 172 valence electrons. The summed E-state index contributed by atoms with van der Waals surface area (Å²) >= 11 is 11.9. The number of allylic oxidation sites excluding steroid dienone is 2. The second kappa shape index (κ2) is 7.79. The quantitative estimate of drug-likeness (QED) is 0.262. The van der Waals surface area contributed by atoms with Gasteiger partial charge in [0.15, 0.2) is 6.61 Å². The van der Waals surface area contributed by atoms with Crippen molar-refractivity contribution < 1.29 is 23.9 Å². The number of benzene rings is 2. The molecule has 1 aliphatic heterocycles. The fourth-order valence-corrected chi connectivity index (χ4v) is 6.48. The molecule has 4 aliphatic carbocycles. The molecule has 2 amide bonds. The van der Waals surface area contributed by atoms with Crippen molar-refractivity contribution >= 4 is 52.5 Å². The predicted molar refractivity (Wildman–Crippen MR) is 125 cm³/mol. The number of halogens is 2. The van der Waals surface area contributed by atoms with Crippen LogP contribution in [0, 0.1) is 35.5 Å². The Morgan fingerprint density at radius 1 is 0.912 bits per heavy atom. The van der Waals surface area contributed by atoms with Crippen LogP contribution < -0.4 is 4.90 Å². The van der Waals surface area contributed by atoms with E-state index in [9.17, 15) is 19.2 Å². The first-order valence-electron chi connectivity index (χ1n) is 11.2. The van der Waals surface area contributed by atoms with Gasteiger partial charge in [-0.1, -0.05) is 35.4 Å². The molecular formula is C26H19Cl2NO5. The number of imide groups is 1. The minimum Gasteiger partial charge on any atom is -0.454 e. The molecule has 34 heavy (non-hydrogen) atoms. The van der Waals surface area contributed by atoms with Crippen molar-refractivity contribution in [2.75, 3.05) is 11.5 Å². The van der Waals surface area contributed by atoms with Crippen molar-refractivity contribution in [3.8, 4) is 0 Å². The largest absolute Gasteiger partial charge is 0.454 e. The number of amides is 2. The number of rotatable bonds is 5. The van der Waals surface area contributed by atoms with Gasteiger partial charge in [0.25, 0.3) is 0 Å². The normalized spacial score (nSPS) is 30.2. The molecule has 2 bridgehead atoms. The summed E-state index contributed by atoms with van der Waals surface area (Å²) in [6.07, 6.45) is 5.37. The average Bonchev–Trinajstić information content (AvgIpc) is 3.61. The predicted octanol–water partition coefficient (Wildman–Crippen LogP) is 4.59. The van der Waals surface area contributed by atoms with Gasteiger partial charge in [0, 0.05) is 10.6 Å². The third kappa shape index (κ3) is 3.23. The molecule has 3 fully saturated rings. The van der Waals surface area contributed by atoms with E-state index >= 15 is 0 Å². The molecule has 1 saturated heterocycles. The Morgan fingerprint density at radius 3 is 2.12 bits per heavy atom. The van der Waals surface area contributed by atoms with Crippen molar-refractivity contribution in [2.24, 2.45) is 35.5 Å². The molecule has 0 spiro atoms. The van der Waals surface area contributed by atoms with Crippen LogP contribution in [0.5, 0.6) is 0 Å². The lowest BCUT2D eigenvalue weighted by Crippen LogP contribution is -2.40. The molecule has 2 aromatic carbocycles. The first-order valence-corrected chi connectivity index (χ1v) is 11.9. The summed E-state index contributed by atoms with van der Waals surface area (Å²) in [5.41, 5.74) is 0.860. The van der Waals surface area contributed by atoms with Crippen LogP contribution in [0.3, 0.4) is 0 Å². The van der Waals surface area contributed by atoms with Crippen LogP contribution in [0.4, 0.5) is 5.69 Å². The van der Waals surface area contributed by atoms with E-state index in [1.807, 2.05) is 0 Å². The summed E-state index contributed by atoms with van der Waals surface area (Å²) in [4.78, 5) is 52.5. The monoisotopic (exact) mass is 495 g/mol. The summed E-state index contributed by atoms with van der Waals surface area (Å²) in [5, 5.41) is 0.577. The molecule has 6 atom stereocenters. The van der Waals surface area contributed by atoms with Gasteiger partial charge in [-0.25, -0.2) is 4.79 Å². The van der Waals surface area contributed by atoms with Crippen LogP contribution in [0.1, 0.15) is 27.1 Å². The van der Waals surface area contributed by atoms with Crippen molar-refractivity contribution in [1.82, 2.24) is 0 Å². The Labute approximate surface area is 205 Å². The molecule has 6 nitrogen and oxygen atoms in total. The van der Waals surface area contributed by atoms with Crippen molar-refractivity contribution in [2.45, 2.75) is 6.42 Å². The Bertz CT molecular complexity index is 1250. The van der Waals surface area contributed by atoms with E-state index in [1.165, 1.54) is 35.2 Å². The molecule has 0 N–H and O–H groups in total. The van der Waals surface area contributed by atoms with Crippen molar-refractivity contribution in [1.29, 1.82) is 0 Å². The van der Waals surface area contributed by atoms with Crippen LogP contribution >= 0.6 is 23.2 Å². The highest BCUT2D eigenvalue weighted by atomic mass is 35.5. The average molecular weight is 496 g/mol. The van der Waals surface area contributed by atoms with Crippen LogP contribution in [0.25, 0.3) is 0 Å². The number of carbonyl (C=O) groups excluding carboxylic acids is 4. The number of anilines is 1. The number of hydrogen-bond acceptors (Lipinski definition) is 5. The summed E-state index contributed by atoms with van der Waals surface area (Å²) < 4.78 is 5.13.